The van der Waals surface area contributed by atoms with Crippen molar-refractivity contribution in [1.29, 1.82) is 0 Å². The third-order valence-electron chi connectivity index (χ3n) is 3.64. The van der Waals surface area contributed by atoms with Crippen molar-refractivity contribution in [3.8, 4) is 0 Å². The van der Waals surface area contributed by atoms with E-state index in [0.717, 1.165) is 23.0 Å². The minimum Gasteiger partial charge on any atom is -0.313 e. The predicted octanol–water partition coefficient (Wildman–Crippen LogP) is 3.11. The van der Waals surface area contributed by atoms with Crippen molar-refractivity contribution in [3.05, 3.63) is 52.3 Å². The Kier molecular flexibility index (Phi) is 4.18. The molecule has 0 spiro atoms. The van der Waals surface area contributed by atoms with Gasteiger partial charge in [-0.2, -0.15) is 5.10 Å². The van der Waals surface area contributed by atoms with Gasteiger partial charge in [-0.3, -0.25) is 4.68 Å². The van der Waals surface area contributed by atoms with Crippen LogP contribution < -0.4 is 5.32 Å². The number of hydrogen-bond donors (Lipinski definition) is 1. The fourth-order valence-corrected chi connectivity index (χ4v) is 2.45. The Morgan fingerprint density at radius 2 is 2.00 bits per heavy atom. The van der Waals surface area contributed by atoms with Gasteiger partial charge in [0.05, 0.1) is 12.2 Å². The van der Waals surface area contributed by atoms with Crippen LogP contribution >= 0.6 is 0 Å². The summed E-state index contributed by atoms with van der Waals surface area (Å²) in [4.78, 5) is 0. The Morgan fingerprint density at radius 3 is 2.60 bits per heavy atom. The summed E-state index contributed by atoms with van der Waals surface area (Å²) in [5.74, 6) is -1.11. The molecule has 0 amide bonds. The lowest BCUT2D eigenvalue weighted by Gasteiger charge is -2.11. The van der Waals surface area contributed by atoms with Crippen molar-refractivity contribution in [2.75, 3.05) is 7.05 Å². The highest BCUT2D eigenvalue weighted by atomic mass is 19.1. The zero-order valence-corrected chi connectivity index (χ0v) is 12.2. The molecule has 2 aromatic rings. The highest BCUT2D eigenvalue weighted by Gasteiger charge is 2.17. The fourth-order valence-electron chi connectivity index (χ4n) is 2.45. The van der Waals surface area contributed by atoms with Crippen LogP contribution in [-0.4, -0.2) is 16.8 Å². The Hall–Kier alpha value is -1.75. The Balaban J connectivity index is 2.35. The second kappa shape index (κ2) is 5.71. The minimum absolute atomic E-state index is 0.182. The monoisotopic (exact) mass is 279 g/mol. The highest BCUT2D eigenvalue weighted by Crippen LogP contribution is 2.22. The van der Waals surface area contributed by atoms with Crippen LogP contribution in [0.3, 0.4) is 0 Å². The zero-order chi connectivity index (χ0) is 14.9. The SMILES string of the molecule is CNC(C)c1c(C)nn(Cc2ccc(F)cc2F)c1C. The molecule has 5 heteroatoms. The number of nitrogens with zero attached hydrogens (tertiary/aromatic N) is 2. The lowest BCUT2D eigenvalue weighted by atomic mass is 10.1. The Morgan fingerprint density at radius 1 is 1.30 bits per heavy atom. The maximum Gasteiger partial charge on any atom is 0.131 e. The van der Waals surface area contributed by atoms with E-state index in [1.807, 2.05) is 20.9 Å². The normalized spacial score (nSPS) is 12.7. The summed E-state index contributed by atoms with van der Waals surface area (Å²) < 4.78 is 28.4. The van der Waals surface area contributed by atoms with E-state index in [9.17, 15) is 8.78 Å². The summed E-state index contributed by atoms with van der Waals surface area (Å²) in [5, 5.41) is 7.64. The smallest absolute Gasteiger partial charge is 0.131 e. The van der Waals surface area contributed by atoms with E-state index in [2.05, 4.69) is 17.3 Å². The van der Waals surface area contributed by atoms with Crippen molar-refractivity contribution in [1.82, 2.24) is 15.1 Å². The van der Waals surface area contributed by atoms with Crippen molar-refractivity contribution in [2.24, 2.45) is 0 Å². The van der Waals surface area contributed by atoms with Gasteiger partial charge in [0.1, 0.15) is 11.6 Å². The molecule has 1 heterocycles. The molecule has 1 atom stereocenters. The number of aryl methyl sites for hydroxylation is 1. The number of rotatable bonds is 4. The molecular formula is C15H19F2N3. The summed E-state index contributed by atoms with van der Waals surface area (Å²) in [6, 6.07) is 3.81. The number of nitrogens with one attached hydrogen (secondary N) is 1. The van der Waals surface area contributed by atoms with Gasteiger partial charge >= 0.3 is 0 Å². The van der Waals surface area contributed by atoms with Crippen LogP contribution in [0.4, 0.5) is 8.78 Å². The molecule has 108 valence electrons. The molecule has 0 radical (unpaired) electrons. The number of halogens is 2. The lowest BCUT2D eigenvalue weighted by Crippen LogP contribution is -2.14. The van der Waals surface area contributed by atoms with E-state index < -0.39 is 11.6 Å². The van der Waals surface area contributed by atoms with Gasteiger partial charge < -0.3 is 5.32 Å². The molecule has 2 rings (SSSR count). The molecule has 0 fully saturated rings. The first-order valence-corrected chi connectivity index (χ1v) is 6.59. The molecule has 1 unspecified atom stereocenters. The molecule has 0 aliphatic rings. The third-order valence-corrected chi connectivity index (χ3v) is 3.64. The summed E-state index contributed by atoms with van der Waals surface area (Å²) in [7, 11) is 1.89. The van der Waals surface area contributed by atoms with Crippen LogP contribution in [-0.2, 0) is 6.54 Å². The van der Waals surface area contributed by atoms with Gasteiger partial charge in [-0.05, 0) is 33.9 Å². The molecule has 0 aliphatic carbocycles. The van der Waals surface area contributed by atoms with Crippen molar-refractivity contribution < 1.29 is 8.78 Å². The van der Waals surface area contributed by atoms with Gasteiger partial charge in [0.15, 0.2) is 0 Å². The number of hydrogen-bond acceptors (Lipinski definition) is 2. The quantitative estimate of drug-likeness (QED) is 0.932. The molecule has 20 heavy (non-hydrogen) atoms. The molecule has 0 saturated heterocycles. The van der Waals surface area contributed by atoms with E-state index >= 15 is 0 Å². The first kappa shape index (κ1) is 14.7. The standard InChI is InChI=1S/C15H19F2N3/c1-9(18-4)15-10(2)19-20(11(15)3)8-12-5-6-13(16)7-14(12)17/h5-7,9,18H,8H2,1-4H3. The Labute approximate surface area is 117 Å². The lowest BCUT2D eigenvalue weighted by molar-refractivity contribution is 0.554. The summed E-state index contributed by atoms with van der Waals surface area (Å²) in [6.07, 6.45) is 0. The van der Waals surface area contributed by atoms with Crippen molar-refractivity contribution in [3.63, 3.8) is 0 Å². The van der Waals surface area contributed by atoms with Crippen LogP contribution in [0.25, 0.3) is 0 Å². The number of aromatic nitrogens is 2. The van der Waals surface area contributed by atoms with E-state index in [4.69, 9.17) is 0 Å². The minimum atomic E-state index is -0.566. The molecule has 0 bridgehead atoms. The largest absolute Gasteiger partial charge is 0.313 e. The molecule has 3 nitrogen and oxygen atoms in total. The van der Waals surface area contributed by atoms with Crippen LogP contribution in [0.2, 0.25) is 0 Å². The molecule has 1 aromatic heterocycles. The maximum absolute atomic E-state index is 13.7. The third kappa shape index (κ3) is 2.72. The first-order chi connectivity index (χ1) is 9.43. The fraction of sp³-hybridized carbons (Fsp3) is 0.400. The van der Waals surface area contributed by atoms with Gasteiger partial charge in [0.25, 0.3) is 0 Å². The summed E-state index contributed by atoms with van der Waals surface area (Å²) in [6.45, 7) is 6.26. The van der Waals surface area contributed by atoms with Crippen LogP contribution in [0.5, 0.6) is 0 Å². The van der Waals surface area contributed by atoms with Crippen LogP contribution in [0.15, 0.2) is 18.2 Å². The van der Waals surface area contributed by atoms with Crippen molar-refractivity contribution >= 4 is 0 Å². The van der Waals surface area contributed by atoms with Gasteiger partial charge in [-0.1, -0.05) is 6.07 Å². The van der Waals surface area contributed by atoms with Crippen molar-refractivity contribution in [2.45, 2.75) is 33.4 Å². The first-order valence-electron chi connectivity index (χ1n) is 6.59. The second-order valence-electron chi connectivity index (χ2n) is 4.99. The molecule has 0 saturated carbocycles. The van der Waals surface area contributed by atoms with E-state index in [-0.39, 0.29) is 6.04 Å². The predicted molar refractivity (Wildman–Crippen MR) is 74.6 cm³/mol. The van der Waals surface area contributed by atoms with Crippen LogP contribution in [0, 0.1) is 25.5 Å². The van der Waals surface area contributed by atoms with Crippen LogP contribution in [0.1, 0.15) is 35.5 Å². The highest BCUT2D eigenvalue weighted by molar-refractivity contribution is 5.29. The zero-order valence-electron chi connectivity index (χ0n) is 12.2. The Bertz CT molecular complexity index is 620. The average molecular weight is 279 g/mol. The van der Waals surface area contributed by atoms with Gasteiger partial charge in [-0.25, -0.2) is 8.78 Å². The summed E-state index contributed by atoms with van der Waals surface area (Å²) >= 11 is 0. The molecular weight excluding hydrogens is 260 g/mol. The van der Waals surface area contributed by atoms with E-state index in [1.165, 1.54) is 12.1 Å². The molecule has 1 N–H and O–H groups in total. The topological polar surface area (TPSA) is 29.9 Å². The number of benzene rings is 1. The van der Waals surface area contributed by atoms with Gasteiger partial charge in [0.2, 0.25) is 0 Å². The van der Waals surface area contributed by atoms with E-state index in [0.29, 0.717) is 12.1 Å². The summed E-state index contributed by atoms with van der Waals surface area (Å²) in [5.41, 5.74) is 3.47. The van der Waals surface area contributed by atoms with Gasteiger partial charge in [0, 0.05) is 28.9 Å². The maximum atomic E-state index is 13.7. The van der Waals surface area contributed by atoms with Gasteiger partial charge in [-0.15, -0.1) is 0 Å². The molecule has 1 aromatic carbocycles. The van der Waals surface area contributed by atoms with E-state index in [1.54, 1.807) is 4.68 Å². The second-order valence-corrected chi connectivity index (χ2v) is 4.99. The average Bonchev–Trinajstić information content (AvgIpc) is 2.67. The molecule has 0 aliphatic heterocycles.